The van der Waals surface area contributed by atoms with Crippen LogP contribution in [0.3, 0.4) is 0 Å². The lowest BCUT2D eigenvalue weighted by atomic mass is 9.88. The van der Waals surface area contributed by atoms with Gasteiger partial charge in [-0.25, -0.2) is 0 Å². The summed E-state index contributed by atoms with van der Waals surface area (Å²) in [5.41, 5.74) is 4.32. The van der Waals surface area contributed by atoms with E-state index in [1.165, 1.54) is 56.9 Å². The Bertz CT molecular complexity index is 2350. The molecular formula is C60H79BrO5. The summed E-state index contributed by atoms with van der Waals surface area (Å²) in [5, 5.41) is 6.44. The third kappa shape index (κ3) is 13.6. The van der Waals surface area contributed by atoms with Crippen molar-refractivity contribution < 1.29 is 23.7 Å². The number of fused-ring (bicyclic) bond motifs is 6. The molecule has 0 atom stereocenters. The van der Waals surface area contributed by atoms with Crippen molar-refractivity contribution in [3.8, 4) is 51.0 Å². The van der Waals surface area contributed by atoms with E-state index in [9.17, 15) is 0 Å². The van der Waals surface area contributed by atoms with Crippen LogP contribution >= 0.6 is 15.9 Å². The summed E-state index contributed by atoms with van der Waals surface area (Å²) in [6.07, 6.45) is 22.2. The predicted molar refractivity (Wildman–Crippen MR) is 286 cm³/mol. The number of hydrogen-bond donors (Lipinski definition) is 0. The van der Waals surface area contributed by atoms with Crippen molar-refractivity contribution in [3.63, 3.8) is 0 Å². The second-order valence-electron chi connectivity index (χ2n) is 18.1. The van der Waals surface area contributed by atoms with Gasteiger partial charge in [-0.1, -0.05) is 208 Å². The van der Waals surface area contributed by atoms with E-state index in [0.717, 1.165) is 159 Å². The molecule has 0 amide bonds. The molecular weight excluding hydrogens is 881 g/mol. The third-order valence-corrected chi connectivity index (χ3v) is 13.3. The Labute approximate surface area is 406 Å². The fourth-order valence-corrected chi connectivity index (χ4v) is 9.35. The molecule has 0 spiro atoms. The number of halogens is 1. The molecule has 6 heteroatoms. The maximum atomic E-state index is 7.32. The van der Waals surface area contributed by atoms with Gasteiger partial charge in [0.2, 0.25) is 0 Å². The summed E-state index contributed by atoms with van der Waals surface area (Å²) < 4.78 is 36.8. The van der Waals surface area contributed by atoms with Crippen LogP contribution in [-0.2, 0) is 0 Å². The first-order valence-corrected chi connectivity index (χ1v) is 26.9. The van der Waals surface area contributed by atoms with E-state index in [-0.39, 0.29) is 0 Å². The van der Waals surface area contributed by atoms with E-state index >= 15 is 0 Å². The molecule has 6 rings (SSSR count). The number of ether oxygens (including phenoxy) is 5. The first-order chi connectivity index (χ1) is 32.6. The summed E-state index contributed by atoms with van der Waals surface area (Å²) in [5.74, 6) is 3.95. The number of unbranched alkanes of at least 4 members (excludes halogenated alkanes) is 15. The van der Waals surface area contributed by atoms with Crippen molar-refractivity contribution in [2.24, 2.45) is 0 Å². The summed E-state index contributed by atoms with van der Waals surface area (Å²) in [7, 11) is 0. The van der Waals surface area contributed by atoms with Crippen LogP contribution in [0.2, 0.25) is 0 Å². The highest BCUT2D eigenvalue weighted by Crippen LogP contribution is 2.57. The maximum absolute atomic E-state index is 7.32. The van der Waals surface area contributed by atoms with Crippen LogP contribution in [0, 0.1) is 0 Å². The molecule has 356 valence electrons. The van der Waals surface area contributed by atoms with Gasteiger partial charge < -0.3 is 23.7 Å². The van der Waals surface area contributed by atoms with Crippen LogP contribution < -0.4 is 23.7 Å². The molecule has 0 fully saturated rings. The number of rotatable bonds is 32. The first-order valence-electron chi connectivity index (χ1n) is 26.1. The second-order valence-corrected chi connectivity index (χ2v) is 19.0. The Morgan fingerprint density at radius 1 is 0.318 bits per heavy atom. The molecule has 6 aromatic carbocycles. The molecule has 0 unspecified atom stereocenters. The van der Waals surface area contributed by atoms with E-state index < -0.39 is 0 Å². The summed E-state index contributed by atoms with van der Waals surface area (Å²) in [4.78, 5) is 0. The molecule has 6 aromatic rings. The van der Waals surface area contributed by atoms with E-state index in [1.54, 1.807) is 0 Å². The van der Waals surface area contributed by atoms with Crippen LogP contribution in [-0.4, -0.2) is 33.0 Å². The van der Waals surface area contributed by atoms with Crippen LogP contribution in [0.1, 0.15) is 163 Å². The van der Waals surface area contributed by atoms with Gasteiger partial charge in [-0.05, 0) is 89.2 Å². The Morgan fingerprint density at radius 2 is 0.712 bits per heavy atom. The van der Waals surface area contributed by atoms with Crippen LogP contribution in [0.5, 0.6) is 28.7 Å². The van der Waals surface area contributed by atoms with Gasteiger partial charge in [0.05, 0.1) is 38.6 Å². The molecule has 0 saturated carbocycles. The first kappa shape index (κ1) is 51.0. The third-order valence-electron chi connectivity index (χ3n) is 12.8. The Kier molecular flexibility index (Phi) is 21.7. The van der Waals surface area contributed by atoms with Crippen molar-refractivity contribution in [2.45, 2.75) is 163 Å². The Morgan fingerprint density at radius 3 is 1.23 bits per heavy atom. The lowest BCUT2D eigenvalue weighted by Crippen LogP contribution is -2.09. The Hall–Kier alpha value is -4.42. The highest BCUT2D eigenvalue weighted by Gasteiger charge is 2.30. The summed E-state index contributed by atoms with van der Waals surface area (Å²) in [6, 6.07) is 30.7. The van der Waals surface area contributed by atoms with Crippen LogP contribution in [0.15, 0.2) is 89.4 Å². The predicted octanol–water partition coefficient (Wildman–Crippen LogP) is 19.0. The lowest BCUT2D eigenvalue weighted by Gasteiger charge is -2.26. The van der Waals surface area contributed by atoms with Gasteiger partial charge in [0.15, 0.2) is 23.0 Å². The molecule has 0 aromatic heterocycles. The minimum atomic E-state index is 0.579. The SMILES string of the molecule is CCCCCCOc1ccc2c3ccccc3c3c(OCCCCCC)c(-c4ccc(-c5ccc(Br)cc5)cc4)c(OCCCCCC)c(OCCCCCC)c3c2c1OCCCCCC. The van der Waals surface area contributed by atoms with E-state index in [2.05, 4.69) is 135 Å². The van der Waals surface area contributed by atoms with E-state index in [1.807, 2.05) is 0 Å². The minimum absolute atomic E-state index is 0.579. The fraction of sp³-hybridized carbons (Fsp3) is 0.500. The van der Waals surface area contributed by atoms with Crippen LogP contribution in [0.4, 0.5) is 0 Å². The van der Waals surface area contributed by atoms with Crippen molar-refractivity contribution in [2.75, 3.05) is 33.0 Å². The zero-order chi connectivity index (χ0) is 46.4. The van der Waals surface area contributed by atoms with Gasteiger partial charge in [-0.15, -0.1) is 0 Å². The quantitative estimate of drug-likeness (QED) is 0.0311. The van der Waals surface area contributed by atoms with Crippen LogP contribution in [0.25, 0.3) is 54.6 Å². The van der Waals surface area contributed by atoms with E-state index in [4.69, 9.17) is 23.7 Å². The van der Waals surface area contributed by atoms with Gasteiger partial charge in [0, 0.05) is 20.6 Å². The lowest BCUT2D eigenvalue weighted by molar-refractivity contribution is 0.258. The van der Waals surface area contributed by atoms with Gasteiger partial charge in [0.1, 0.15) is 5.75 Å². The molecule has 0 saturated heterocycles. The molecule has 0 N–H and O–H groups in total. The average molecular weight is 960 g/mol. The van der Waals surface area contributed by atoms with Gasteiger partial charge in [-0.3, -0.25) is 0 Å². The second kappa shape index (κ2) is 28.0. The van der Waals surface area contributed by atoms with Crippen molar-refractivity contribution in [1.82, 2.24) is 0 Å². The highest BCUT2D eigenvalue weighted by molar-refractivity contribution is 9.10. The number of benzene rings is 6. The standard InChI is InChI=1S/C60H79BrO5/c1-6-11-16-23-40-62-52-39-38-51-49-28-21-22-29-50(49)55-56(54(51)57(52)63-41-24-17-12-7-2)60(66-44-27-20-15-10-5)59(65-43-26-19-14-9-4)53(58(55)64-42-25-18-13-8-3)47-32-30-45(31-33-47)46-34-36-48(61)37-35-46/h21-22,28-39H,6-20,23-27,40-44H2,1-5H3. The monoisotopic (exact) mass is 959 g/mol. The van der Waals surface area contributed by atoms with Gasteiger partial charge >= 0.3 is 0 Å². The van der Waals surface area contributed by atoms with Crippen molar-refractivity contribution in [3.05, 3.63) is 89.4 Å². The van der Waals surface area contributed by atoms with Gasteiger partial charge in [-0.2, -0.15) is 0 Å². The molecule has 5 nitrogen and oxygen atoms in total. The molecule has 66 heavy (non-hydrogen) atoms. The largest absolute Gasteiger partial charge is 0.492 e. The molecule has 0 heterocycles. The van der Waals surface area contributed by atoms with Crippen molar-refractivity contribution in [1.29, 1.82) is 0 Å². The maximum Gasteiger partial charge on any atom is 0.173 e. The minimum Gasteiger partial charge on any atom is -0.492 e. The number of hydrogen-bond acceptors (Lipinski definition) is 5. The topological polar surface area (TPSA) is 46.2 Å². The smallest absolute Gasteiger partial charge is 0.173 e. The molecule has 0 bridgehead atoms. The Balaban J connectivity index is 1.71. The molecule has 0 aliphatic carbocycles. The van der Waals surface area contributed by atoms with Crippen molar-refractivity contribution >= 4 is 48.2 Å². The molecule has 0 radical (unpaired) electrons. The van der Waals surface area contributed by atoms with Gasteiger partial charge in [0.25, 0.3) is 0 Å². The highest BCUT2D eigenvalue weighted by atomic mass is 79.9. The normalized spacial score (nSPS) is 11.5. The van der Waals surface area contributed by atoms with E-state index in [0.29, 0.717) is 33.0 Å². The average Bonchev–Trinajstić information content (AvgIpc) is 3.34. The summed E-state index contributed by atoms with van der Waals surface area (Å²) >= 11 is 3.63. The molecule has 0 aliphatic rings. The molecule has 0 aliphatic heterocycles. The fourth-order valence-electron chi connectivity index (χ4n) is 9.08. The summed E-state index contributed by atoms with van der Waals surface area (Å²) in [6.45, 7) is 14.3. The zero-order valence-electron chi connectivity index (χ0n) is 41.2. The zero-order valence-corrected chi connectivity index (χ0v) is 42.8.